The third-order valence-electron chi connectivity index (χ3n) is 2.16. The Morgan fingerprint density at radius 2 is 1.58 bits per heavy atom. The molecule has 0 bridgehead atoms. The molecule has 0 unspecified atom stereocenters. The molecule has 0 radical (unpaired) electrons. The molecule has 0 fully saturated rings. The molecule has 0 amide bonds. The van der Waals surface area contributed by atoms with E-state index in [2.05, 4.69) is 19.8 Å². The highest BCUT2D eigenvalue weighted by atomic mass is 16.3. The monoisotopic (exact) mass is 168 g/mol. The fraction of sp³-hybridized carbons (Fsp3) is 0.818. The molecule has 0 heterocycles. The predicted octanol–water partition coefficient (Wildman–Crippen LogP) is 2.73. The van der Waals surface area contributed by atoms with E-state index < -0.39 is 5.60 Å². The minimum absolute atomic E-state index is 0.750. The second-order valence-electron chi connectivity index (χ2n) is 3.38. The molecule has 0 saturated heterocycles. The standard InChI is InChI=1S/C11H20O/c1-4-7-9-11(12,6-3)10-8-5-2/h3,12H,4-5,7-10H2,1-2H3. The van der Waals surface area contributed by atoms with Crippen molar-refractivity contribution in [1.82, 2.24) is 0 Å². The molecule has 0 aliphatic carbocycles. The summed E-state index contributed by atoms with van der Waals surface area (Å²) in [6.07, 6.45) is 11.0. The maximum atomic E-state index is 9.85. The number of aliphatic hydroxyl groups is 1. The lowest BCUT2D eigenvalue weighted by atomic mass is 9.92. The fourth-order valence-electron chi connectivity index (χ4n) is 1.21. The number of hydrogen-bond acceptors (Lipinski definition) is 1. The minimum Gasteiger partial charge on any atom is -0.378 e. The van der Waals surface area contributed by atoms with Crippen LogP contribution in [0.15, 0.2) is 0 Å². The molecular weight excluding hydrogens is 148 g/mol. The highest BCUT2D eigenvalue weighted by molar-refractivity contribution is 5.06. The Morgan fingerprint density at radius 1 is 1.17 bits per heavy atom. The summed E-state index contributed by atoms with van der Waals surface area (Å²) in [5.74, 6) is 2.50. The Kier molecular flexibility index (Phi) is 5.84. The van der Waals surface area contributed by atoms with Gasteiger partial charge in [0.1, 0.15) is 5.60 Å². The Labute approximate surface area is 76.2 Å². The minimum atomic E-state index is -0.827. The second-order valence-corrected chi connectivity index (χ2v) is 3.38. The van der Waals surface area contributed by atoms with Crippen LogP contribution in [0.25, 0.3) is 0 Å². The van der Waals surface area contributed by atoms with Gasteiger partial charge in [-0.25, -0.2) is 0 Å². The molecule has 0 aliphatic rings. The van der Waals surface area contributed by atoms with Gasteiger partial charge in [-0.3, -0.25) is 0 Å². The number of hydrogen-bond donors (Lipinski definition) is 1. The van der Waals surface area contributed by atoms with Gasteiger partial charge in [-0.05, 0) is 25.7 Å². The summed E-state index contributed by atoms with van der Waals surface area (Å²) in [6, 6.07) is 0. The summed E-state index contributed by atoms with van der Waals surface area (Å²) in [5, 5.41) is 9.85. The van der Waals surface area contributed by atoms with Gasteiger partial charge in [0.2, 0.25) is 0 Å². The van der Waals surface area contributed by atoms with Crippen LogP contribution in [0.4, 0.5) is 0 Å². The van der Waals surface area contributed by atoms with Crippen molar-refractivity contribution in [2.75, 3.05) is 0 Å². The van der Waals surface area contributed by atoms with Gasteiger partial charge < -0.3 is 5.11 Å². The van der Waals surface area contributed by atoms with Gasteiger partial charge in [0.15, 0.2) is 0 Å². The van der Waals surface area contributed by atoms with Gasteiger partial charge in [0.25, 0.3) is 0 Å². The van der Waals surface area contributed by atoms with E-state index in [4.69, 9.17) is 6.42 Å². The van der Waals surface area contributed by atoms with Crippen LogP contribution in [0.2, 0.25) is 0 Å². The summed E-state index contributed by atoms with van der Waals surface area (Å²) < 4.78 is 0. The van der Waals surface area contributed by atoms with Crippen LogP contribution in [0.5, 0.6) is 0 Å². The highest BCUT2D eigenvalue weighted by Gasteiger charge is 2.21. The van der Waals surface area contributed by atoms with Crippen molar-refractivity contribution in [3.8, 4) is 12.3 Å². The first kappa shape index (κ1) is 11.5. The second kappa shape index (κ2) is 6.08. The zero-order valence-electron chi connectivity index (χ0n) is 8.27. The molecule has 1 nitrogen and oxygen atoms in total. The summed E-state index contributed by atoms with van der Waals surface area (Å²) >= 11 is 0. The Balaban J connectivity index is 3.81. The van der Waals surface area contributed by atoms with E-state index in [-0.39, 0.29) is 0 Å². The maximum Gasteiger partial charge on any atom is 0.125 e. The normalized spacial score (nSPS) is 11.2. The lowest BCUT2D eigenvalue weighted by Gasteiger charge is -2.21. The van der Waals surface area contributed by atoms with Gasteiger partial charge in [0, 0.05) is 0 Å². The molecule has 0 aromatic heterocycles. The summed E-state index contributed by atoms with van der Waals surface area (Å²) in [6.45, 7) is 4.22. The zero-order chi connectivity index (χ0) is 9.45. The van der Waals surface area contributed by atoms with Crippen molar-refractivity contribution >= 4 is 0 Å². The highest BCUT2D eigenvalue weighted by Crippen LogP contribution is 2.20. The van der Waals surface area contributed by atoms with Crippen LogP contribution in [-0.4, -0.2) is 10.7 Å². The molecule has 0 rings (SSSR count). The van der Waals surface area contributed by atoms with Crippen molar-refractivity contribution in [2.45, 2.75) is 58.0 Å². The Morgan fingerprint density at radius 3 is 1.83 bits per heavy atom. The Hall–Kier alpha value is -0.480. The predicted molar refractivity (Wildman–Crippen MR) is 52.8 cm³/mol. The Bertz CT molecular complexity index is 136. The van der Waals surface area contributed by atoms with Crippen LogP contribution in [0.1, 0.15) is 52.4 Å². The molecule has 1 N–H and O–H groups in total. The van der Waals surface area contributed by atoms with Gasteiger partial charge in [-0.15, -0.1) is 6.42 Å². The van der Waals surface area contributed by atoms with Gasteiger partial charge in [0.05, 0.1) is 0 Å². The SMILES string of the molecule is C#CC(O)(CCCC)CCCC. The van der Waals surface area contributed by atoms with Crippen LogP contribution < -0.4 is 0 Å². The fourth-order valence-corrected chi connectivity index (χ4v) is 1.21. The van der Waals surface area contributed by atoms with Crippen molar-refractivity contribution < 1.29 is 5.11 Å². The van der Waals surface area contributed by atoms with E-state index in [0.29, 0.717) is 0 Å². The number of terminal acetylenes is 1. The summed E-state index contributed by atoms with van der Waals surface area (Å²) in [4.78, 5) is 0. The van der Waals surface area contributed by atoms with Crippen LogP contribution in [0, 0.1) is 12.3 Å². The van der Waals surface area contributed by atoms with E-state index in [9.17, 15) is 5.11 Å². The van der Waals surface area contributed by atoms with Gasteiger partial charge >= 0.3 is 0 Å². The molecule has 0 aromatic rings. The topological polar surface area (TPSA) is 20.2 Å². The van der Waals surface area contributed by atoms with E-state index >= 15 is 0 Å². The van der Waals surface area contributed by atoms with Crippen LogP contribution in [-0.2, 0) is 0 Å². The van der Waals surface area contributed by atoms with Gasteiger partial charge in [-0.1, -0.05) is 32.6 Å². The van der Waals surface area contributed by atoms with Crippen LogP contribution in [0.3, 0.4) is 0 Å². The molecule has 70 valence electrons. The molecule has 0 spiro atoms. The van der Waals surface area contributed by atoms with Gasteiger partial charge in [-0.2, -0.15) is 0 Å². The van der Waals surface area contributed by atoms with Crippen molar-refractivity contribution in [2.24, 2.45) is 0 Å². The van der Waals surface area contributed by atoms with Crippen molar-refractivity contribution in [1.29, 1.82) is 0 Å². The molecule has 0 aromatic carbocycles. The molecule has 1 heteroatoms. The molecule has 0 saturated carbocycles. The smallest absolute Gasteiger partial charge is 0.125 e. The maximum absolute atomic E-state index is 9.85. The van der Waals surface area contributed by atoms with Crippen LogP contribution >= 0.6 is 0 Å². The lowest BCUT2D eigenvalue weighted by molar-refractivity contribution is 0.0776. The first-order valence-corrected chi connectivity index (χ1v) is 4.88. The lowest BCUT2D eigenvalue weighted by Crippen LogP contribution is -2.25. The van der Waals surface area contributed by atoms with Crippen molar-refractivity contribution in [3.05, 3.63) is 0 Å². The summed E-state index contributed by atoms with van der Waals surface area (Å²) in [7, 11) is 0. The number of rotatable bonds is 6. The van der Waals surface area contributed by atoms with E-state index in [0.717, 1.165) is 38.5 Å². The third kappa shape index (κ3) is 4.41. The first-order valence-electron chi connectivity index (χ1n) is 4.88. The molecule has 12 heavy (non-hydrogen) atoms. The van der Waals surface area contributed by atoms with E-state index in [1.807, 2.05) is 0 Å². The molecule has 0 atom stereocenters. The van der Waals surface area contributed by atoms with E-state index in [1.54, 1.807) is 0 Å². The van der Waals surface area contributed by atoms with E-state index in [1.165, 1.54) is 0 Å². The average Bonchev–Trinajstić information content (AvgIpc) is 2.11. The first-order chi connectivity index (χ1) is 5.68. The molecular formula is C11H20O. The quantitative estimate of drug-likeness (QED) is 0.605. The molecule has 0 aliphatic heterocycles. The summed E-state index contributed by atoms with van der Waals surface area (Å²) in [5.41, 5.74) is -0.827. The third-order valence-corrected chi connectivity index (χ3v) is 2.16. The number of unbranched alkanes of at least 4 members (excludes halogenated alkanes) is 2. The zero-order valence-corrected chi connectivity index (χ0v) is 8.27. The average molecular weight is 168 g/mol. The largest absolute Gasteiger partial charge is 0.378 e. The van der Waals surface area contributed by atoms with Crippen molar-refractivity contribution in [3.63, 3.8) is 0 Å².